The van der Waals surface area contributed by atoms with Crippen molar-refractivity contribution in [3.8, 4) is 0 Å². The van der Waals surface area contributed by atoms with E-state index >= 15 is 0 Å². The van der Waals surface area contributed by atoms with Crippen molar-refractivity contribution >= 4 is 11.9 Å². The van der Waals surface area contributed by atoms with Crippen LogP contribution in [-0.4, -0.2) is 42.0 Å². The number of aliphatic hydroxyl groups is 2. The van der Waals surface area contributed by atoms with Crippen molar-refractivity contribution in [3.05, 3.63) is 24.5 Å². The van der Waals surface area contributed by atoms with Gasteiger partial charge in [-0.2, -0.15) is 0 Å². The summed E-state index contributed by atoms with van der Waals surface area (Å²) < 4.78 is 8.96. The zero-order valence-electron chi connectivity index (χ0n) is 10.8. The summed E-state index contributed by atoms with van der Waals surface area (Å²) in [5, 5.41) is 16.7. The van der Waals surface area contributed by atoms with Crippen LogP contribution in [-0.2, 0) is 19.1 Å². The van der Waals surface area contributed by atoms with Crippen LogP contribution in [0.1, 0.15) is 20.3 Å². The average molecular weight is 260 g/mol. The lowest BCUT2D eigenvalue weighted by Crippen LogP contribution is -2.08. The standard InChI is InChI=1S/2C6H10O3/c1-3-9-6(8)5(2)4-7;1-3-4-9-6(8)5(2)7/h2*7H,2-4H2,1H3. The predicted molar refractivity (Wildman–Crippen MR) is 65.9 cm³/mol. The number of hydrogen-bond acceptors (Lipinski definition) is 6. The predicted octanol–water partition coefficient (Wildman–Crippen LogP) is 1.11. The van der Waals surface area contributed by atoms with Crippen LogP contribution in [0.25, 0.3) is 0 Å². The second kappa shape index (κ2) is 11.7. The van der Waals surface area contributed by atoms with E-state index in [-0.39, 0.29) is 12.2 Å². The van der Waals surface area contributed by atoms with Gasteiger partial charge in [0.15, 0.2) is 5.76 Å². The van der Waals surface area contributed by atoms with E-state index in [9.17, 15) is 9.59 Å². The average Bonchev–Trinajstić information content (AvgIpc) is 2.35. The first kappa shape index (κ1) is 18.5. The lowest BCUT2D eigenvalue weighted by Gasteiger charge is -1.99. The smallest absolute Gasteiger partial charge is 0.372 e. The molecule has 0 unspecified atom stereocenters. The van der Waals surface area contributed by atoms with Gasteiger partial charge in [0.25, 0.3) is 0 Å². The molecule has 0 spiro atoms. The Morgan fingerprint density at radius 1 is 1.11 bits per heavy atom. The number of hydrogen-bond donors (Lipinski definition) is 2. The maximum absolute atomic E-state index is 10.5. The Labute approximate surface area is 107 Å². The van der Waals surface area contributed by atoms with E-state index in [0.29, 0.717) is 13.2 Å². The first-order chi connectivity index (χ1) is 8.40. The monoisotopic (exact) mass is 260 g/mol. The van der Waals surface area contributed by atoms with Crippen molar-refractivity contribution in [2.75, 3.05) is 19.8 Å². The van der Waals surface area contributed by atoms with Gasteiger partial charge in [0.05, 0.1) is 25.4 Å². The SMILES string of the molecule is C=C(CO)C(=O)OCC.C=C(O)C(=O)OCCC. The zero-order valence-corrected chi connectivity index (χ0v) is 10.8. The molecule has 104 valence electrons. The van der Waals surface area contributed by atoms with E-state index in [1.807, 2.05) is 6.92 Å². The summed E-state index contributed by atoms with van der Waals surface area (Å²) in [7, 11) is 0. The summed E-state index contributed by atoms with van der Waals surface area (Å²) in [4.78, 5) is 20.8. The number of ether oxygens (including phenoxy) is 2. The Bertz CT molecular complexity index is 293. The molecule has 0 rings (SSSR count). The van der Waals surface area contributed by atoms with Gasteiger partial charge in [0, 0.05) is 0 Å². The van der Waals surface area contributed by atoms with Crippen molar-refractivity contribution in [1.82, 2.24) is 0 Å². The Morgan fingerprint density at radius 3 is 2.00 bits per heavy atom. The first-order valence-corrected chi connectivity index (χ1v) is 5.41. The van der Waals surface area contributed by atoms with Gasteiger partial charge >= 0.3 is 11.9 Å². The molecule has 0 bridgehead atoms. The van der Waals surface area contributed by atoms with Crippen LogP contribution in [0.2, 0.25) is 0 Å². The second-order valence-electron chi connectivity index (χ2n) is 3.06. The molecule has 0 radical (unpaired) electrons. The van der Waals surface area contributed by atoms with Crippen molar-refractivity contribution in [2.45, 2.75) is 20.3 Å². The minimum absolute atomic E-state index is 0.0943. The zero-order chi connectivity index (χ0) is 14.6. The first-order valence-electron chi connectivity index (χ1n) is 5.41. The maximum Gasteiger partial charge on any atom is 0.372 e. The highest BCUT2D eigenvalue weighted by Gasteiger charge is 2.04. The molecular formula is C12H20O6. The van der Waals surface area contributed by atoms with Gasteiger partial charge in [-0.25, -0.2) is 9.59 Å². The van der Waals surface area contributed by atoms with Gasteiger partial charge in [0.1, 0.15) is 0 Å². The number of aliphatic hydroxyl groups excluding tert-OH is 2. The molecule has 0 aromatic rings. The highest BCUT2D eigenvalue weighted by Crippen LogP contribution is 1.91. The van der Waals surface area contributed by atoms with E-state index in [1.165, 1.54) is 0 Å². The van der Waals surface area contributed by atoms with Crippen LogP contribution in [0, 0.1) is 0 Å². The Balaban J connectivity index is 0. The quantitative estimate of drug-likeness (QED) is 0.422. The van der Waals surface area contributed by atoms with E-state index in [1.54, 1.807) is 6.92 Å². The van der Waals surface area contributed by atoms with Crippen LogP contribution in [0.4, 0.5) is 0 Å². The van der Waals surface area contributed by atoms with Crippen LogP contribution < -0.4 is 0 Å². The highest BCUT2D eigenvalue weighted by molar-refractivity contribution is 5.87. The van der Waals surface area contributed by atoms with Crippen LogP contribution in [0.3, 0.4) is 0 Å². The molecule has 18 heavy (non-hydrogen) atoms. The van der Waals surface area contributed by atoms with Gasteiger partial charge in [0.2, 0.25) is 0 Å². The van der Waals surface area contributed by atoms with Gasteiger partial charge in [-0.3, -0.25) is 0 Å². The molecule has 0 aliphatic carbocycles. The summed E-state index contributed by atoms with van der Waals surface area (Å²) in [5.74, 6) is -1.81. The summed E-state index contributed by atoms with van der Waals surface area (Å²) in [6.45, 7) is 10.1. The molecule has 0 heterocycles. The van der Waals surface area contributed by atoms with E-state index < -0.39 is 17.7 Å². The topological polar surface area (TPSA) is 93.1 Å². The Hall–Kier alpha value is -1.82. The third-order valence-electron chi connectivity index (χ3n) is 1.43. The van der Waals surface area contributed by atoms with E-state index in [2.05, 4.69) is 22.6 Å². The van der Waals surface area contributed by atoms with Gasteiger partial charge in [-0.15, -0.1) is 0 Å². The molecule has 2 N–H and O–H groups in total. The highest BCUT2D eigenvalue weighted by atomic mass is 16.5. The molecule has 0 atom stereocenters. The number of rotatable bonds is 6. The van der Waals surface area contributed by atoms with E-state index in [0.717, 1.165) is 6.42 Å². The van der Waals surface area contributed by atoms with Gasteiger partial charge in [-0.1, -0.05) is 13.5 Å². The lowest BCUT2D eigenvalue weighted by atomic mass is 10.3. The van der Waals surface area contributed by atoms with E-state index in [4.69, 9.17) is 10.2 Å². The van der Waals surface area contributed by atoms with Crippen LogP contribution in [0.5, 0.6) is 0 Å². The fraction of sp³-hybridized carbons (Fsp3) is 0.500. The molecule has 0 fully saturated rings. The van der Waals surface area contributed by atoms with Crippen molar-refractivity contribution in [1.29, 1.82) is 0 Å². The number of carbonyl (C=O) groups is 2. The molecule has 0 saturated heterocycles. The lowest BCUT2D eigenvalue weighted by molar-refractivity contribution is -0.142. The molecular weight excluding hydrogens is 240 g/mol. The van der Waals surface area contributed by atoms with Crippen LogP contribution in [0.15, 0.2) is 24.5 Å². The second-order valence-corrected chi connectivity index (χ2v) is 3.06. The van der Waals surface area contributed by atoms with Crippen LogP contribution >= 0.6 is 0 Å². The Morgan fingerprint density at radius 2 is 1.67 bits per heavy atom. The molecule has 6 heteroatoms. The molecule has 0 aromatic carbocycles. The van der Waals surface area contributed by atoms with Crippen molar-refractivity contribution in [2.24, 2.45) is 0 Å². The normalized spacial score (nSPS) is 8.61. The molecule has 0 aliphatic rings. The minimum atomic E-state index is -0.739. The molecule has 6 nitrogen and oxygen atoms in total. The van der Waals surface area contributed by atoms with Gasteiger partial charge < -0.3 is 19.7 Å². The Kier molecular flexibility index (Phi) is 12.0. The third kappa shape index (κ3) is 10.7. The third-order valence-corrected chi connectivity index (χ3v) is 1.43. The molecule has 0 aliphatic heterocycles. The fourth-order valence-corrected chi connectivity index (χ4v) is 0.576. The maximum atomic E-state index is 10.5. The number of carbonyl (C=O) groups excluding carboxylic acids is 2. The van der Waals surface area contributed by atoms with Gasteiger partial charge in [-0.05, 0) is 19.9 Å². The summed E-state index contributed by atoms with van der Waals surface area (Å²) in [5.41, 5.74) is 0.0943. The molecule has 0 saturated carbocycles. The minimum Gasteiger partial charge on any atom is -0.502 e. The largest absolute Gasteiger partial charge is 0.502 e. The van der Waals surface area contributed by atoms with Crippen molar-refractivity contribution < 1.29 is 29.3 Å². The summed E-state index contributed by atoms with van der Waals surface area (Å²) in [6.07, 6.45) is 0.749. The van der Waals surface area contributed by atoms with Crippen molar-refractivity contribution in [3.63, 3.8) is 0 Å². The summed E-state index contributed by atoms with van der Waals surface area (Å²) in [6, 6.07) is 0. The fourth-order valence-electron chi connectivity index (χ4n) is 0.576. The molecule has 0 aromatic heterocycles. The summed E-state index contributed by atoms with van der Waals surface area (Å²) >= 11 is 0. The number of esters is 2. The molecule has 0 amide bonds.